The third-order valence-corrected chi connectivity index (χ3v) is 3.39. The van der Waals surface area contributed by atoms with Crippen molar-refractivity contribution in [2.75, 3.05) is 33.8 Å². The molecule has 23 heavy (non-hydrogen) atoms. The second-order valence-electron chi connectivity index (χ2n) is 5.91. The van der Waals surface area contributed by atoms with Crippen LogP contribution in [-0.2, 0) is 6.54 Å². The highest BCUT2D eigenvalue weighted by molar-refractivity contribution is 14.0. The van der Waals surface area contributed by atoms with Crippen LogP contribution in [-0.4, -0.2) is 50.7 Å². The van der Waals surface area contributed by atoms with Crippen molar-refractivity contribution in [1.82, 2.24) is 15.5 Å². The molecule has 2 N–H and O–H groups in total. The maximum Gasteiger partial charge on any atom is 0.191 e. The van der Waals surface area contributed by atoms with Crippen molar-refractivity contribution in [2.24, 2.45) is 4.99 Å². The minimum Gasteiger partial charge on any atom is -0.492 e. The number of aliphatic imine (C=N–C) groups is 1. The fourth-order valence-corrected chi connectivity index (χ4v) is 1.99. The Balaban J connectivity index is 0.00000264. The first kappa shape index (κ1) is 20.0. The number of nitrogens with one attached hydrogen (secondary N) is 2. The predicted molar refractivity (Wildman–Crippen MR) is 107 cm³/mol. The van der Waals surface area contributed by atoms with E-state index in [4.69, 9.17) is 4.74 Å². The van der Waals surface area contributed by atoms with Gasteiger partial charge in [0.15, 0.2) is 5.96 Å². The molecular formula is C17H29IN4O. The molecule has 1 aliphatic carbocycles. The van der Waals surface area contributed by atoms with Crippen LogP contribution in [0.15, 0.2) is 29.3 Å². The lowest BCUT2D eigenvalue weighted by molar-refractivity contribution is 0.261. The number of hydrogen-bond donors (Lipinski definition) is 2. The number of halogens is 1. The van der Waals surface area contributed by atoms with Gasteiger partial charge in [0.05, 0.1) is 6.54 Å². The topological polar surface area (TPSA) is 48.9 Å². The predicted octanol–water partition coefficient (Wildman–Crippen LogP) is 2.46. The van der Waals surface area contributed by atoms with E-state index >= 15 is 0 Å². The zero-order chi connectivity index (χ0) is 15.8. The first-order chi connectivity index (χ1) is 10.7. The summed E-state index contributed by atoms with van der Waals surface area (Å²) in [6.07, 6.45) is 2.50. The van der Waals surface area contributed by atoms with Crippen molar-refractivity contribution in [1.29, 1.82) is 0 Å². The average Bonchev–Trinajstić information content (AvgIpc) is 3.29. The molecule has 1 aromatic rings. The van der Waals surface area contributed by atoms with Gasteiger partial charge in [0.1, 0.15) is 12.4 Å². The summed E-state index contributed by atoms with van der Waals surface area (Å²) < 4.78 is 5.76. The van der Waals surface area contributed by atoms with Crippen molar-refractivity contribution in [3.8, 4) is 5.75 Å². The van der Waals surface area contributed by atoms with E-state index in [0.717, 1.165) is 30.4 Å². The minimum absolute atomic E-state index is 0. The molecule has 0 unspecified atom stereocenters. The van der Waals surface area contributed by atoms with Gasteiger partial charge >= 0.3 is 0 Å². The highest BCUT2D eigenvalue weighted by Crippen LogP contribution is 2.18. The standard InChI is InChI=1S/C17H28N4O.HI/c1-4-18-17(20-15-8-9-15)19-13-14-6-5-7-16(12-14)22-11-10-21(2)3;/h5-7,12,15H,4,8-11,13H2,1-3H3,(H2,18,19,20);1H. The molecule has 0 atom stereocenters. The maximum atomic E-state index is 5.76. The largest absolute Gasteiger partial charge is 0.492 e. The molecule has 1 fully saturated rings. The Labute approximate surface area is 156 Å². The second-order valence-corrected chi connectivity index (χ2v) is 5.91. The number of guanidine groups is 1. The van der Waals surface area contributed by atoms with Crippen LogP contribution in [0.1, 0.15) is 25.3 Å². The molecule has 0 amide bonds. The lowest BCUT2D eigenvalue weighted by atomic mass is 10.2. The molecule has 0 spiro atoms. The summed E-state index contributed by atoms with van der Waals surface area (Å²) in [7, 11) is 4.09. The quantitative estimate of drug-likeness (QED) is 0.377. The van der Waals surface area contributed by atoms with Crippen molar-refractivity contribution < 1.29 is 4.74 Å². The SMILES string of the molecule is CCNC(=NCc1cccc(OCCN(C)C)c1)NC1CC1.I. The summed E-state index contributed by atoms with van der Waals surface area (Å²) in [4.78, 5) is 6.76. The monoisotopic (exact) mass is 432 g/mol. The summed E-state index contributed by atoms with van der Waals surface area (Å²) in [6, 6.07) is 8.79. The highest BCUT2D eigenvalue weighted by atomic mass is 127. The van der Waals surface area contributed by atoms with E-state index in [0.29, 0.717) is 19.2 Å². The second kappa shape index (κ2) is 10.7. The lowest BCUT2D eigenvalue weighted by Gasteiger charge is -2.12. The van der Waals surface area contributed by atoms with Crippen LogP contribution < -0.4 is 15.4 Å². The number of hydrogen-bond acceptors (Lipinski definition) is 3. The van der Waals surface area contributed by atoms with Crippen LogP contribution in [0.3, 0.4) is 0 Å². The number of benzene rings is 1. The highest BCUT2D eigenvalue weighted by Gasteiger charge is 2.21. The number of likely N-dealkylation sites (N-methyl/N-ethyl adjacent to an activating group) is 1. The number of ether oxygens (including phenoxy) is 1. The van der Waals surface area contributed by atoms with Gasteiger partial charge in [0, 0.05) is 19.1 Å². The molecule has 0 bridgehead atoms. The molecule has 0 heterocycles. The lowest BCUT2D eigenvalue weighted by Crippen LogP contribution is -2.38. The van der Waals surface area contributed by atoms with Gasteiger partial charge in [0.2, 0.25) is 0 Å². The van der Waals surface area contributed by atoms with E-state index in [2.05, 4.69) is 39.6 Å². The zero-order valence-electron chi connectivity index (χ0n) is 14.3. The molecule has 1 aliphatic rings. The van der Waals surface area contributed by atoms with Crippen molar-refractivity contribution in [3.05, 3.63) is 29.8 Å². The van der Waals surface area contributed by atoms with E-state index in [9.17, 15) is 0 Å². The Morgan fingerprint density at radius 1 is 1.35 bits per heavy atom. The van der Waals surface area contributed by atoms with Gasteiger partial charge in [0.25, 0.3) is 0 Å². The molecule has 0 aliphatic heterocycles. The zero-order valence-corrected chi connectivity index (χ0v) is 16.7. The fourth-order valence-electron chi connectivity index (χ4n) is 1.99. The Bertz CT molecular complexity index is 489. The third kappa shape index (κ3) is 8.41. The van der Waals surface area contributed by atoms with Gasteiger partial charge in [-0.15, -0.1) is 24.0 Å². The average molecular weight is 432 g/mol. The number of rotatable bonds is 8. The van der Waals surface area contributed by atoms with Crippen LogP contribution in [0.5, 0.6) is 5.75 Å². The van der Waals surface area contributed by atoms with Crippen LogP contribution >= 0.6 is 24.0 Å². The molecule has 1 aromatic carbocycles. The normalized spacial score (nSPS) is 14.3. The van der Waals surface area contributed by atoms with Crippen molar-refractivity contribution in [2.45, 2.75) is 32.4 Å². The summed E-state index contributed by atoms with van der Waals surface area (Å²) >= 11 is 0. The van der Waals surface area contributed by atoms with Gasteiger partial charge < -0.3 is 20.3 Å². The Morgan fingerprint density at radius 3 is 2.78 bits per heavy atom. The van der Waals surface area contributed by atoms with Crippen molar-refractivity contribution >= 4 is 29.9 Å². The molecule has 1 saturated carbocycles. The Hall–Kier alpha value is -1.02. The summed E-state index contributed by atoms with van der Waals surface area (Å²) in [5.74, 6) is 1.82. The molecule has 130 valence electrons. The summed E-state index contributed by atoms with van der Waals surface area (Å²) in [5.41, 5.74) is 1.16. The van der Waals surface area contributed by atoms with E-state index in [1.807, 2.05) is 26.2 Å². The molecular weight excluding hydrogens is 403 g/mol. The third-order valence-electron chi connectivity index (χ3n) is 3.39. The molecule has 6 heteroatoms. The molecule has 5 nitrogen and oxygen atoms in total. The first-order valence-electron chi connectivity index (χ1n) is 8.08. The molecule has 0 saturated heterocycles. The van der Waals surface area contributed by atoms with E-state index in [1.54, 1.807) is 0 Å². The van der Waals surface area contributed by atoms with Gasteiger partial charge in [-0.25, -0.2) is 4.99 Å². The van der Waals surface area contributed by atoms with Crippen molar-refractivity contribution in [3.63, 3.8) is 0 Å². The maximum absolute atomic E-state index is 5.76. The summed E-state index contributed by atoms with van der Waals surface area (Å²) in [6.45, 7) is 5.24. The molecule has 0 aromatic heterocycles. The molecule has 0 radical (unpaired) electrons. The van der Waals surface area contributed by atoms with Crippen LogP contribution in [0, 0.1) is 0 Å². The number of nitrogens with zero attached hydrogens (tertiary/aromatic N) is 2. The van der Waals surface area contributed by atoms with E-state index in [-0.39, 0.29) is 24.0 Å². The van der Waals surface area contributed by atoms with Gasteiger partial charge in [-0.1, -0.05) is 12.1 Å². The summed E-state index contributed by atoms with van der Waals surface area (Å²) in [5, 5.41) is 6.71. The first-order valence-corrected chi connectivity index (χ1v) is 8.08. The van der Waals surface area contributed by atoms with Gasteiger partial charge in [-0.3, -0.25) is 0 Å². The Morgan fingerprint density at radius 2 is 2.13 bits per heavy atom. The van der Waals surface area contributed by atoms with Crippen LogP contribution in [0.25, 0.3) is 0 Å². The van der Waals surface area contributed by atoms with Crippen LogP contribution in [0.4, 0.5) is 0 Å². The Kier molecular flexibility index (Phi) is 9.31. The van der Waals surface area contributed by atoms with Gasteiger partial charge in [-0.05, 0) is 51.6 Å². The van der Waals surface area contributed by atoms with E-state index in [1.165, 1.54) is 12.8 Å². The van der Waals surface area contributed by atoms with E-state index < -0.39 is 0 Å². The fraction of sp³-hybridized carbons (Fsp3) is 0.588. The minimum atomic E-state index is 0. The molecule has 2 rings (SSSR count). The van der Waals surface area contributed by atoms with Gasteiger partial charge in [-0.2, -0.15) is 0 Å². The van der Waals surface area contributed by atoms with Crippen LogP contribution in [0.2, 0.25) is 0 Å². The smallest absolute Gasteiger partial charge is 0.191 e.